The lowest BCUT2D eigenvalue weighted by Crippen LogP contribution is -2.00. The van der Waals surface area contributed by atoms with Gasteiger partial charge in [-0.05, 0) is 30.2 Å². The molecule has 0 saturated heterocycles. The second kappa shape index (κ2) is 5.33. The van der Waals surface area contributed by atoms with Gasteiger partial charge < -0.3 is 0 Å². The van der Waals surface area contributed by atoms with E-state index in [2.05, 4.69) is 15.9 Å². The van der Waals surface area contributed by atoms with E-state index in [1.54, 1.807) is 6.92 Å². The van der Waals surface area contributed by atoms with E-state index >= 15 is 0 Å². The van der Waals surface area contributed by atoms with Gasteiger partial charge in [-0.1, -0.05) is 28.1 Å². The van der Waals surface area contributed by atoms with Gasteiger partial charge in [-0.3, -0.25) is 0 Å². The summed E-state index contributed by atoms with van der Waals surface area (Å²) < 4.78 is 52.8. The van der Waals surface area contributed by atoms with Crippen LogP contribution >= 0.6 is 15.9 Å². The topological polar surface area (TPSA) is 0 Å². The van der Waals surface area contributed by atoms with Crippen molar-refractivity contribution < 1.29 is 17.6 Å². The number of rotatable bonds is 2. The Hall–Kier alpha value is -1.36. The van der Waals surface area contributed by atoms with Crippen LogP contribution in [-0.2, 0) is 0 Å². The highest BCUT2D eigenvalue weighted by Crippen LogP contribution is 2.34. The van der Waals surface area contributed by atoms with E-state index in [0.29, 0.717) is 17.2 Å². The average molecular weight is 333 g/mol. The highest BCUT2D eigenvalue weighted by molar-refractivity contribution is 9.09. The molecule has 0 spiro atoms. The minimum atomic E-state index is -1.24. The van der Waals surface area contributed by atoms with Crippen molar-refractivity contribution in [3.63, 3.8) is 0 Å². The predicted octanol–water partition coefficient (Wildman–Crippen LogP) is 5.04. The van der Waals surface area contributed by atoms with Crippen LogP contribution in [0.15, 0.2) is 30.3 Å². The molecule has 0 aliphatic heterocycles. The van der Waals surface area contributed by atoms with Crippen LogP contribution in [0.1, 0.15) is 21.5 Å². The summed E-state index contributed by atoms with van der Waals surface area (Å²) in [6.07, 6.45) is 0. The quantitative estimate of drug-likeness (QED) is 0.411. The van der Waals surface area contributed by atoms with Gasteiger partial charge in [0, 0.05) is 11.6 Å². The van der Waals surface area contributed by atoms with Crippen LogP contribution in [0.2, 0.25) is 0 Å². The molecule has 0 aliphatic rings. The number of hydrogen-bond donors (Lipinski definition) is 0. The molecule has 5 heteroatoms. The zero-order chi connectivity index (χ0) is 14.2. The third kappa shape index (κ3) is 2.81. The van der Waals surface area contributed by atoms with Crippen LogP contribution < -0.4 is 0 Å². The van der Waals surface area contributed by atoms with Gasteiger partial charge in [0.1, 0.15) is 11.6 Å². The van der Waals surface area contributed by atoms with Crippen LogP contribution in [0, 0.1) is 30.2 Å². The maximum atomic E-state index is 13.6. The average Bonchev–Trinajstić information content (AvgIpc) is 2.36. The van der Waals surface area contributed by atoms with Gasteiger partial charge in [-0.25, -0.2) is 17.6 Å². The molecule has 2 aromatic carbocycles. The number of halogens is 5. The third-order valence-electron chi connectivity index (χ3n) is 2.79. The van der Waals surface area contributed by atoms with Crippen molar-refractivity contribution in [2.75, 3.05) is 0 Å². The molecule has 0 aromatic heterocycles. The number of hydrogen-bond acceptors (Lipinski definition) is 0. The molecule has 0 N–H and O–H groups in total. The van der Waals surface area contributed by atoms with Crippen molar-refractivity contribution in [3.8, 4) is 0 Å². The van der Waals surface area contributed by atoms with Gasteiger partial charge in [-0.15, -0.1) is 0 Å². The monoisotopic (exact) mass is 332 g/mol. The van der Waals surface area contributed by atoms with Gasteiger partial charge >= 0.3 is 0 Å². The van der Waals surface area contributed by atoms with E-state index in [-0.39, 0.29) is 11.4 Å². The summed E-state index contributed by atoms with van der Waals surface area (Å²) in [5, 5.41) is 0. The van der Waals surface area contributed by atoms with Gasteiger partial charge in [0.05, 0.1) is 4.83 Å². The molecule has 2 aromatic rings. The summed E-state index contributed by atoms with van der Waals surface area (Å²) in [6, 6.07) is 5.52. The predicted molar refractivity (Wildman–Crippen MR) is 68.2 cm³/mol. The Balaban J connectivity index is 2.46. The van der Waals surface area contributed by atoms with Crippen molar-refractivity contribution in [2.45, 2.75) is 11.8 Å². The lowest BCUT2D eigenvalue weighted by molar-refractivity contribution is 0.491. The van der Waals surface area contributed by atoms with Crippen molar-refractivity contribution >= 4 is 15.9 Å². The van der Waals surface area contributed by atoms with E-state index in [1.807, 2.05) is 0 Å². The zero-order valence-electron chi connectivity index (χ0n) is 9.85. The van der Waals surface area contributed by atoms with Gasteiger partial charge in [0.15, 0.2) is 11.6 Å². The lowest BCUT2D eigenvalue weighted by atomic mass is 10.0. The third-order valence-corrected chi connectivity index (χ3v) is 3.81. The van der Waals surface area contributed by atoms with Gasteiger partial charge in [-0.2, -0.15) is 0 Å². The lowest BCUT2D eigenvalue weighted by Gasteiger charge is -2.13. The second-order valence-corrected chi connectivity index (χ2v) is 5.07. The molecular formula is C14H9BrF4. The first-order chi connectivity index (χ1) is 8.90. The maximum absolute atomic E-state index is 13.6. The van der Waals surface area contributed by atoms with Crippen molar-refractivity contribution in [3.05, 3.63) is 70.3 Å². The summed E-state index contributed by atoms with van der Waals surface area (Å²) in [4.78, 5) is -0.679. The smallest absolute Gasteiger partial charge is 0.161 e. The van der Waals surface area contributed by atoms with Crippen molar-refractivity contribution in [2.24, 2.45) is 0 Å². The van der Waals surface area contributed by atoms with E-state index in [4.69, 9.17) is 0 Å². The molecule has 2 rings (SSSR count). The highest BCUT2D eigenvalue weighted by atomic mass is 79.9. The van der Waals surface area contributed by atoms with Crippen LogP contribution in [-0.4, -0.2) is 0 Å². The van der Waals surface area contributed by atoms with E-state index in [0.717, 1.165) is 6.07 Å². The van der Waals surface area contributed by atoms with Crippen LogP contribution in [0.25, 0.3) is 0 Å². The Morgan fingerprint density at radius 1 is 0.842 bits per heavy atom. The molecule has 0 heterocycles. The molecule has 1 unspecified atom stereocenters. The van der Waals surface area contributed by atoms with Crippen molar-refractivity contribution in [1.29, 1.82) is 0 Å². The number of alkyl halides is 1. The normalized spacial score (nSPS) is 12.5. The fraction of sp³-hybridized carbons (Fsp3) is 0.143. The first kappa shape index (κ1) is 14.1. The van der Waals surface area contributed by atoms with E-state index in [1.165, 1.54) is 18.2 Å². The minimum absolute atomic E-state index is 0.0371. The summed E-state index contributed by atoms with van der Waals surface area (Å²) in [7, 11) is 0. The Bertz CT molecular complexity index is 625. The summed E-state index contributed by atoms with van der Waals surface area (Å²) >= 11 is 3.21. The van der Waals surface area contributed by atoms with Crippen LogP contribution in [0.4, 0.5) is 17.6 Å². The number of benzene rings is 2. The van der Waals surface area contributed by atoms with E-state index < -0.39 is 22.3 Å². The Morgan fingerprint density at radius 2 is 1.47 bits per heavy atom. The first-order valence-corrected chi connectivity index (χ1v) is 6.36. The zero-order valence-corrected chi connectivity index (χ0v) is 11.4. The molecule has 0 amide bonds. The molecule has 0 radical (unpaired) electrons. The molecule has 0 saturated carbocycles. The fourth-order valence-corrected chi connectivity index (χ4v) is 2.37. The first-order valence-electron chi connectivity index (χ1n) is 5.44. The minimum Gasteiger partial charge on any atom is -0.207 e. The van der Waals surface area contributed by atoms with Crippen molar-refractivity contribution in [1.82, 2.24) is 0 Å². The molecule has 0 bridgehead atoms. The largest absolute Gasteiger partial charge is 0.207 e. The Morgan fingerprint density at radius 3 is 2.11 bits per heavy atom. The molecular weight excluding hydrogens is 324 g/mol. The Labute approximate surface area is 116 Å². The molecule has 100 valence electrons. The summed E-state index contributed by atoms with van der Waals surface area (Å²) in [5.41, 5.74) is 0.915. The van der Waals surface area contributed by atoms with Gasteiger partial charge in [0.25, 0.3) is 0 Å². The second-order valence-electron chi connectivity index (χ2n) is 4.16. The molecule has 0 nitrogen and oxygen atoms in total. The SMILES string of the molecule is Cc1cc(C(Br)c2cc(F)c(F)cc2F)ccc1F. The highest BCUT2D eigenvalue weighted by Gasteiger charge is 2.18. The standard InChI is InChI=1S/C14H9BrF4/c1-7-4-8(2-3-10(7)16)14(15)9-5-12(18)13(19)6-11(9)17/h2-6,14H,1H3. The van der Waals surface area contributed by atoms with E-state index in [9.17, 15) is 17.6 Å². The molecule has 0 fully saturated rings. The molecule has 1 atom stereocenters. The number of aryl methyl sites for hydroxylation is 1. The van der Waals surface area contributed by atoms with Crippen LogP contribution in [0.3, 0.4) is 0 Å². The van der Waals surface area contributed by atoms with Gasteiger partial charge in [0.2, 0.25) is 0 Å². The van der Waals surface area contributed by atoms with Crippen LogP contribution in [0.5, 0.6) is 0 Å². The summed E-state index contributed by atoms with van der Waals surface area (Å²) in [5.74, 6) is -3.60. The summed E-state index contributed by atoms with van der Waals surface area (Å²) in [6.45, 7) is 1.57. The Kier molecular flexibility index (Phi) is 3.94. The maximum Gasteiger partial charge on any atom is 0.161 e. The molecule has 19 heavy (non-hydrogen) atoms. The fourth-order valence-electron chi connectivity index (χ4n) is 1.74. The molecule has 0 aliphatic carbocycles.